The smallest absolute Gasteiger partial charge is 0.235 e. The molecule has 1 heterocycles. The predicted molar refractivity (Wildman–Crippen MR) is 85.6 cm³/mol. The number of hydrogen-bond acceptors (Lipinski definition) is 1. The Kier molecular flexibility index (Phi) is 10.2. The van der Waals surface area contributed by atoms with Crippen molar-refractivity contribution in [2.24, 2.45) is 0 Å². The van der Waals surface area contributed by atoms with Crippen LogP contribution in [0.25, 0.3) is 0 Å². The highest BCUT2D eigenvalue weighted by atomic mass is 15.0. The van der Waals surface area contributed by atoms with Gasteiger partial charge >= 0.3 is 0 Å². The van der Waals surface area contributed by atoms with Crippen molar-refractivity contribution >= 4 is 0 Å². The van der Waals surface area contributed by atoms with Crippen LogP contribution in [-0.2, 0) is 0 Å². The highest BCUT2D eigenvalue weighted by molar-refractivity contribution is 4.70. The van der Waals surface area contributed by atoms with Gasteiger partial charge in [0.2, 0.25) is 0 Å². The van der Waals surface area contributed by atoms with Gasteiger partial charge in [0.1, 0.15) is 12.2 Å². The Bertz CT molecular complexity index is 310. The summed E-state index contributed by atoms with van der Waals surface area (Å²) in [5, 5.41) is 0. The van der Waals surface area contributed by atoms with Gasteiger partial charge in [-0.2, -0.15) is 0 Å². The summed E-state index contributed by atoms with van der Waals surface area (Å²) >= 11 is 0. The maximum absolute atomic E-state index is 4.27. The van der Waals surface area contributed by atoms with Gasteiger partial charge in [-0.25, -0.2) is 4.57 Å². The monoisotopic (exact) mass is 277 g/mol. The summed E-state index contributed by atoms with van der Waals surface area (Å²) in [5.74, 6) is 0. The summed E-state index contributed by atoms with van der Waals surface area (Å²) in [7, 11) is 0. The Labute approximate surface area is 125 Å². The molecule has 2 heteroatoms. The van der Waals surface area contributed by atoms with E-state index in [-0.39, 0.29) is 0 Å². The normalized spacial score (nSPS) is 12.5. The quantitative estimate of drug-likeness (QED) is 0.377. The van der Waals surface area contributed by atoms with E-state index < -0.39 is 0 Å². The van der Waals surface area contributed by atoms with Gasteiger partial charge in [-0.1, -0.05) is 63.8 Å². The molecule has 0 fully saturated rings. The molecule has 0 aliphatic carbocycles. The third-order valence-corrected chi connectivity index (χ3v) is 4.08. The van der Waals surface area contributed by atoms with Crippen LogP contribution in [0.1, 0.15) is 90.5 Å². The van der Waals surface area contributed by atoms with Crippen molar-refractivity contribution in [1.82, 2.24) is 4.98 Å². The number of nitrogens with zero attached hydrogens (tertiary/aromatic N) is 2. The molecular formula is C18H33N2+. The lowest BCUT2D eigenvalue weighted by atomic mass is 10.0. The van der Waals surface area contributed by atoms with Crippen molar-refractivity contribution < 1.29 is 4.57 Å². The zero-order chi connectivity index (χ0) is 14.5. The molecule has 1 aromatic rings. The minimum Gasteiger partial charge on any atom is -0.235 e. The average molecular weight is 277 g/mol. The van der Waals surface area contributed by atoms with Crippen LogP contribution in [-0.4, -0.2) is 4.98 Å². The number of aromatic nitrogens is 2. The van der Waals surface area contributed by atoms with Crippen LogP contribution >= 0.6 is 0 Å². The lowest BCUT2D eigenvalue weighted by molar-refractivity contribution is -0.727. The molecule has 0 radical (unpaired) electrons. The Morgan fingerprint density at radius 2 is 1.45 bits per heavy atom. The lowest BCUT2D eigenvalue weighted by Crippen LogP contribution is -2.39. The molecular weight excluding hydrogens is 244 g/mol. The van der Waals surface area contributed by atoms with E-state index in [1.165, 1.54) is 70.6 Å². The summed E-state index contributed by atoms with van der Waals surface area (Å²) in [4.78, 5) is 4.27. The highest BCUT2D eigenvalue weighted by Crippen LogP contribution is 2.18. The fraction of sp³-hybridized carbons (Fsp3) is 0.778. The summed E-state index contributed by atoms with van der Waals surface area (Å²) < 4.78 is 2.32. The molecule has 0 bridgehead atoms. The number of rotatable bonds is 12. The van der Waals surface area contributed by atoms with Crippen LogP contribution in [0.3, 0.4) is 0 Å². The Balaban J connectivity index is 2.31. The molecule has 0 aliphatic rings. The Hall–Kier alpha value is -0.920. The van der Waals surface area contributed by atoms with Crippen molar-refractivity contribution in [1.29, 1.82) is 0 Å². The van der Waals surface area contributed by atoms with Gasteiger partial charge in [-0.3, -0.25) is 0 Å². The van der Waals surface area contributed by atoms with Crippen LogP contribution in [0.2, 0.25) is 0 Å². The van der Waals surface area contributed by atoms with Gasteiger partial charge in [0.15, 0.2) is 0 Å². The molecule has 0 N–H and O–H groups in total. The third-order valence-electron chi connectivity index (χ3n) is 4.08. The van der Waals surface area contributed by atoms with Gasteiger partial charge in [0, 0.05) is 6.07 Å². The Morgan fingerprint density at radius 1 is 0.850 bits per heavy atom. The number of unbranched alkanes of at least 4 members (excludes halogenated alkanes) is 7. The van der Waals surface area contributed by atoms with Crippen LogP contribution in [0.4, 0.5) is 0 Å². The molecule has 0 saturated heterocycles. The van der Waals surface area contributed by atoms with Gasteiger partial charge < -0.3 is 0 Å². The SMILES string of the molecule is CCCCCCCCC(CCCCC)[n+]1cccnc1. The zero-order valence-electron chi connectivity index (χ0n) is 13.6. The van der Waals surface area contributed by atoms with E-state index in [9.17, 15) is 0 Å². The molecule has 0 spiro atoms. The fourth-order valence-electron chi connectivity index (χ4n) is 2.79. The third kappa shape index (κ3) is 7.62. The molecule has 0 saturated carbocycles. The van der Waals surface area contributed by atoms with Crippen LogP contribution < -0.4 is 4.57 Å². The standard InChI is InChI=1S/C18H33N2/c1-3-5-7-8-9-11-14-18(13-10-6-4-2)20-16-12-15-19-17-20/h12,15-18H,3-11,13-14H2,1-2H3/q+1. The topological polar surface area (TPSA) is 16.8 Å². The van der Waals surface area contributed by atoms with Gasteiger partial charge in [0.05, 0.1) is 6.20 Å². The van der Waals surface area contributed by atoms with E-state index in [0.29, 0.717) is 6.04 Å². The fourth-order valence-corrected chi connectivity index (χ4v) is 2.79. The van der Waals surface area contributed by atoms with Crippen molar-refractivity contribution in [3.8, 4) is 0 Å². The molecule has 2 nitrogen and oxygen atoms in total. The van der Waals surface area contributed by atoms with Crippen LogP contribution in [0.5, 0.6) is 0 Å². The average Bonchev–Trinajstić information content (AvgIpc) is 2.50. The van der Waals surface area contributed by atoms with Crippen molar-refractivity contribution in [2.45, 2.75) is 90.5 Å². The molecule has 20 heavy (non-hydrogen) atoms. The van der Waals surface area contributed by atoms with Gasteiger partial charge in [0.25, 0.3) is 6.33 Å². The summed E-state index contributed by atoms with van der Waals surface area (Å²) in [5.41, 5.74) is 0. The van der Waals surface area contributed by atoms with E-state index in [4.69, 9.17) is 0 Å². The molecule has 1 unspecified atom stereocenters. The largest absolute Gasteiger partial charge is 0.286 e. The summed E-state index contributed by atoms with van der Waals surface area (Å²) in [6.07, 6.45) is 21.0. The van der Waals surface area contributed by atoms with E-state index in [1.54, 1.807) is 0 Å². The van der Waals surface area contributed by atoms with Gasteiger partial charge in [-0.05, 0) is 25.7 Å². The first-order valence-electron chi connectivity index (χ1n) is 8.69. The number of hydrogen-bond donors (Lipinski definition) is 0. The van der Waals surface area contributed by atoms with E-state index >= 15 is 0 Å². The van der Waals surface area contributed by atoms with E-state index in [0.717, 1.165) is 0 Å². The van der Waals surface area contributed by atoms with Crippen molar-refractivity contribution in [3.63, 3.8) is 0 Å². The first-order chi connectivity index (χ1) is 9.88. The van der Waals surface area contributed by atoms with Gasteiger partial charge in [-0.15, -0.1) is 0 Å². The maximum atomic E-state index is 4.27. The minimum absolute atomic E-state index is 0.654. The molecule has 0 amide bonds. The Morgan fingerprint density at radius 3 is 2.10 bits per heavy atom. The van der Waals surface area contributed by atoms with Crippen LogP contribution in [0, 0.1) is 0 Å². The lowest BCUT2D eigenvalue weighted by Gasteiger charge is -2.14. The maximum Gasteiger partial charge on any atom is 0.286 e. The van der Waals surface area contributed by atoms with Crippen LogP contribution in [0.15, 0.2) is 24.8 Å². The first-order valence-corrected chi connectivity index (χ1v) is 8.69. The first kappa shape index (κ1) is 17.1. The second-order valence-corrected chi connectivity index (χ2v) is 5.91. The second kappa shape index (κ2) is 11.9. The molecule has 1 aromatic heterocycles. The molecule has 0 aliphatic heterocycles. The molecule has 0 aromatic carbocycles. The summed E-state index contributed by atoms with van der Waals surface area (Å²) in [6, 6.07) is 2.70. The minimum atomic E-state index is 0.654. The van der Waals surface area contributed by atoms with E-state index in [1.807, 2.05) is 18.6 Å². The van der Waals surface area contributed by atoms with Crippen molar-refractivity contribution in [3.05, 3.63) is 24.8 Å². The summed E-state index contributed by atoms with van der Waals surface area (Å²) in [6.45, 7) is 4.56. The van der Waals surface area contributed by atoms with E-state index in [2.05, 4.69) is 29.6 Å². The molecule has 114 valence electrons. The van der Waals surface area contributed by atoms with Crippen molar-refractivity contribution in [2.75, 3.05) is 0 Å². The highest BCUT2D eigenvalue weighted by Gasteiger charge is 2.14. The predicted octanol–water partition coefficient (Wildman–Crippen LogP) is 5.24. The molecule has 1 rings (SSSR count). The molecule has 1 atom stereocenters. The second-order valence-electron chi connectivity index (χ2n) is 5.91. The zero-order valence-corrected chi connectivity index (χ0v) is 13.6.